The van der Waals surface area contributed by atoms with Gasteiger partial charge in [-0.2, -0.15) is 5.10 Å². The predicted octanol–water partition coefficient (Wildman–Crippen LogP) is 4.25. The summed E-state index contributed by atoms with van der Waals surface area (Å²) in [5, 5.41) is 15.9. The quantitative estimate of drug-likeness (QED) is 0.667. The van der Waals surface area contributed by atoms with Crippen molar-refractivity contribution in [3.63, 3.8) is 0 Å². The van der Waals surface area contributed by atoms with E-state index in [0.29, 0.717) is 44.1 Å². The number of hydrogen-bond acceptors (Lipinski definition) is 5. The van der Waals surface area contributed by atoms with E-state index in [1.807, 2.05) is 37.6 Å². The van der Waals surface area contributed by atoms with Gasteiger partial charge in [0.05, 0.1) is 17.4 Å². The van der Waals surface area contributed by atoms with Crippen LogP contribution < -0.4 is 0 Å². The molecular weight excluding hydrogens is 444 g/mol. The van der Waals surface area contributed by atoms with Crippen LogP contribution in [0.15, 0.2) is 30.9 Å². The minimum absolute atomic E-state index is 0.163. The SMILES string of the molecule is C=CC(=O)N1CCc2nn(-c3ccc(C4CCC4)cc3O)c3c2C(C1)N(C(=O)OC(C)(C)C)CC3. The van der Waals surface area contributed by atoms with Crippen LogP contribution in [0.4, 0.5) is 4.79 Å². The zero-order valence-electron chi connectivity index (χ0n) is 20.8. The second kappa shape index (κ2) is 8.73. The van der Waals surface area contributed by atoms with Crippen LogP contribution in [0, 0.1) is 0 Å². The molecule has 8 nitrogen and oxygen atoms in total. The molecule has 1 fully saturated rings. The number of aromatic hydroxyl groups is 1. The molecule has 3 heterocycles. The van der Waals surface area contributed by atoms with Crippen molar-refractivity contribution in [3.8, 4) is 11.4 Å². The number of phenols is 1. The van der Waals surface area contributed by atoms with Gasteiger partial charge >= 0.3 is 6.09 Å². The predicted molar refractivity (Wildman–Crippen MR) is 132 cm³/mol. The third-order valence-electron chi connectivity index (χ3n) is 7.33. The van der Waals surface area contributed by atoms with Gasteiger partial charge in [-0.25, -0.2) is 9.48 Å². The van der Waals surface area contributed by atoms with Gasteiger partial charge < -0.3 is 14.7 Å². The number of benzene rings is 1. The van der Waals surface area contributed by atoms with Crippen molar-refractivity contribution in [1.82, 2.24) is 19.6 Å². The van der Waals surface area contributed by atoms with E-state index in [-0.39, 0.29) is 17.7 Å². The van der Waals surface area contributed by atoms with Crippen molar-refractivity contribution in [3.05, 3.63) is 53.4 Å². The lowest BCUT2D eigenvalue weighted by atomic mass is 9.80. The van der Waals surface area contributed by atoms with Gasteiger partial charge in [0.1, 0.15) is 17.0 Å². The van der Waals surface area contributed by atoms with E-state index < -0.39 is 11.7 Å². The third kappa shape index (κ3) is 4.30. The maximum atomic E-state index is 13.2. The van der Waals surface area contributed by atoms with Crippen LogP contribution in [0.25, 0.3) is 5.69 Å². The van der Waals surface area contributed by atoms with Gasteiger partial charge in [-0.3, -0.25) is 9.69 Å². The number of hydrogen-bond donors (Lipinski definition) is 1. The Kier molecular flexibility index (Phi) is 5.85. The fraction of sp³-hybridized carbons (Fsp3) is 0.519. The molecule has 2 amide bonds. The van der Waals surface area contributed by atoms with Crippen molar-refractivity contribution < 1.29 is 19.4 Å². The smallest absolute Gasteiger partial charge is 0.410 e. The Morgan fingerprint density at radius 1 is 1.20 bits per heavy atom. The Balaban J connectivity index is 1.55. The summed E-state index contributed by atoms with van der Waals surface area (Å²) in [5.41, 5.74) is 3.99. The van der Waals surface area contributed by atoms with E-state index in [0.717, 1.165) is 17.0 Å². The van der Waals surface area contributed by atoms with Crippen LogP contribution in [-0.2, 0) is 22.4 Å². The number of carbonyl (C=O) groups excluding carboxylic acids is 2. The molecule has 0 radical (unpaired) electrons. The monoisotopic (exact) mass is 478 g/mol. The summed E-state index contributed by atoms with van der Waals surface area (Å²) < 4.78 is 7.55. The molecule has 1 aromatic heterocycles. The standard InChI is InChI=1S/C27H34N4O4/c1-5-24(33)29-13-11-19-25-21(12-14-30(22(25)16-29)26(34)35-27(2,3)4)31(28-19)20-10-9-18(15-23(20)32)17-7-6-8-17/h5,9-10,15,17,22,32H,1,6-8,11-14,16H2,2-4H3. The fourth-order valence-corrected chi connectivity index (χ4v) is 5.38. The minimum Gasteiger partial charge on any atom is -0.506 e. The van der Waals surface area contributed by atoms with E-state index in [4.69, 9.17) is 9.84 Å². The highest BCUT2D eigenvalue weighted by atomic mass is 16.6. The second-order valence-electron chi connectivity index (χ2n) is 10.8. The van der Waals surface area contributed by atoms with E-state index in [2.05, 4.69) is 12.6 Å². The Labute approximate surface area is 206 Å². The number of nitrogens with zero attached hydrogens (tertiary/aromatic N) is 4. The number of ether oxygens (including phenoxy) is 1. The highest BCUT2D eigenvalue weighted by Crippen LogP contribution is 2.41. The number of aromatic nitrogens is 2. The highest BCUT2D eigenvalue weighted by Gasteiger charge is 2.41. The largest absolute Gasteiger partial charge is 0.506 e. The van der Waals surface area contributed by atoms with Crippen molar-refractivity contribution in [2.45, 2.75) is 70.4 Å². The molecule has 0 bridgehead atoms. The van der Waals surface area contributed by atoms with Crippen LogP contribution in [0.2, 0.25) is 0 Å². The highest BCUT2D eigenvalue weighted by molar-refractivity contribution is 5.87. The van der Waals surface area contributed by atoms with Gasteiger partial charge in [-0.1, -0.05) is 19.1 Å². The lowest BCUT2D eigenvalue weighted by Gasteiger charge is -2.38. The lowest BCUT2D eigenvalue weighted by molar-refractivity contribution is -0.126. The van der Waals surface area contributed by atoms with Crippen LogP contribution in [0.5, 0.6) is 5.75 Å². The Morgan fingerprint density at radius 3 is 2.60 bits per heavy atom. The number of carbonyl (C=O) groups is 2. The first kappa shape index (κ1) is 23.5. The van der Waals surface area contributed by atoms with Crippen molar-refractivity contribution >= 4 is 12.0 Å². The summed E-state index contributed by atoms with van der Waals surface area (Å²) in [5.74, 6) is 0.587. The topological polar surface area (TPSA) is 87.9 Å². The zero-order valence-corrected chi connectivity index (χ0v) is 20.8. The van der Waals surface area contributed by atoms with Crippen molar-refractivity contribution in [2.75, 3.05) is 19.6 Å². The molecule has 1 saturated carbocycles. The van der Waals surface area contributed by atoms with E-state index in [9.17, 15) is 14.7 Å². The molecule has 1 aliphatic carbocycles. The molecule has 0 saturated heterocycles. The summed E-state index contributed by atoms with van der Waals surface area (Å²) >= 11 is 0. The molecule has 0 spiro atoms. The molecule has 3 aliphatic rings. The molecule has 2 aromatic rings. The molecular formula is C27H34N4O4. The molecule has 35 heavy (non-hydrogen) atoms. The van der Waals surface area contributed by atoms with Gasteiger partial charge in [0.25, 0.3) is 0 Å². The first-order chi connectivity index (χ1) is 16.7. The molecule has 186 valence electrons. The van der Waals surface area contributed by atoms with Gasteiger partial charge in [0.15, 0.2) is 0 Å². The van der Waals surface area contributed by atoms with Crippen LogP contribution in [0.3, 0.4) is 0 Å². The van der Waals surface area contributed by atoms with Crippen molar-refractivity contribution in [1.29, 1.82) is 0 Å². The van der Waals surface area contributed by atoms with Gasteiger partial charge in [0, 0.05) is 38.0 Å². The van der Waals surface area contributed by atoms with E-state index in [1.54, 1.807) is 9.80 Å². The van der Waals surface area contributed by atoms with Crippen molar-refractivity contribution in [2.24, 2.45) is 0 Å². The molecule has 1 unspecified atom stereocenters. The fourth-order valence-electron chi connectivity index (χ4n) is 5.38. The Hall–Kier alpha value is -3.29. The molecule has 1 aromatic carbocycles. The van der Waals surface area contributed by atoms with Gasteiger partial charge in [0.2, 0.25) is 5.91 Å². The summed E-state index contributed by atoms with van der Waals surface area (Å²) in [4.78, 5) is 29.1. The molecule has 8 heteroatoms. The molecule has 5 rings (SSSR count). The molecule has 2 aliphatic heterocycles. The van der Waals surface area contributed by atoms with Crippen LogP contribution in [-0.4, -0.2) is 61.9 Å². The first-order valence-electron chi connectivity index (χ1n) is 12.5. The van der Waals surface area contributed by atoms with Crippen LogP contribution >= 0.6 is 0 Å². The zero-order chi connectivity index (χ0) is 24.9. The average molecular weight is 479 g/mol. The summed E-state index contributed by atoms with van der Waals surface area (Å²) in [6.45, 7) is 10.5. The summed E-state index contributed by atoms with van der Waals surface area (Å²) in [6.07, 6.45) is 5.64. The van der Waals surface area contributed by atoms with Crippen LogP contribution in [0.1, 0.15) is 74.5 Å². The minimum atomic E-state index is -0.625. The van der Waals surface area contributed by atoms with Gasteiger partial charge in [-0.15, -0.1) is 0 Å². The second-order valence-corrected chi connectivity index (χ2v) is 10.8. The Morgan fingerprint density at radius 2 is 1.97 bits per heavy atom. The Bertz CT molecular complexity index is 1170. The van der Waals surface area contributed by atoms with Gasteiger partial charge in [-0.05, 0) is 63.3 Å². The maximum absolute atomic E-state index is 13.2. The maximum Gasteiger partial charge on any atom is 0.410 e. The lowest BCUT2D eigenvalue weighted by Crippen LogP contribution is -2.47. The summed E-state index contributed by atoms with van der Waals surface area (Å²) in [7, 11) is 0. The number of rotatable bonds is 3. The molecule has 1 atom stereocenters. The number of amides is 2. The third-order valence-corrected chi connectivity index (χ3v) is 7.33. The van der Waals surface area contributed by atoms with E-state index >= 15 is 0 Å². The van der Waals surface area contributed by atoms with E-state index in [1.165, 1.54) is 30.9 Å². The molecule has 1 N–H and O–H groups in total. The summed E-state index contributed by atoms with van der Waals surface area (Å²) in [6, 6.07) is 5.54. The normalized spacial score (nSPS) is 20.0. The number of phenolic OH excluding ortho intramolecular Hbond substituents is 1. The first-order valence-corrected chi connectivity index (χ1v) is 12.5. The average Bonchev–Trinajstić information content (AvgIpc) is 3.01.